The first-order chi connectivity index (χ1) is 11.5. The van der Waals surface area contributed by atoms with Gasteiger partial charge in [0.05, 0.1) is 17.5 Å². The molecule has 1 N–H and O–H groups in total. The van der Waals surface area contributed by atoms with Crippen LogP contribution in [0.3, 0.4) is 0 Å². The molecule has 1 aromatic rings. The van der Waals surface area contributed by atoms with Crippen LogP contribution in [0.2, 0.25) is 0 Å². The molecule has 1 aliphatic heterocycles. The van der Waals surface area contributed by atoms with E-state index in [1.54, 1.807) is 31.2 Å². The number of benzene rings is 1. The summed E-state index contributed by atoms with van der Waals surface area (Å²) in [4.78, 5) is 38.4. The lowest BCUT2D eigenvalue weighted by Gasteiger charge is -2.17. The number of amides is 3. The van der Waals surface area contributed by atoms with Crippen molar-refractivity contribution >= 4 is 29.1 Å². The number of allylic oxidation sites excluding steroid dienone is 2. The standard InChI is InChI=1S/C18H20N2O4/c1-11(24-2)16(21)19-12-6-5-7-13(10-12)20-17(22)14-8-3-4-9-15(14)18(20)23/h3-7,10-11,14-15H,8-9H2,1-2H3,(H,19,21)/t11-,14-,15-/m1/s1. The normalized spacial score (nSPS) is 24.0. The first-order valence-electron chi connectivity index (χ1n) is 7.99. The highest BCUT2D eigenvalue weighted by Gasteiger charge is 2.47. The van der Waals surface area contributed by atoms with Crippen LogP contribution in [0.25, 0.3) is 0 Å². The SMILES string of the molecule is CO[C@H](C)C(=O)Nc1cccc(N2C(=O)[C@@H]3CC=CC[C@H]3C2=O)c1. The molecule has 1 aliphatic carbocycles. The van der Waals surface area contributed by atoms with Crippen molar-refractivity contribution < 1.29 is 19.1 Å². The molecule has 3 rings (SSSR count). The van der Waals surface area contributed by atoms with Crippen molar-refractivity contribution in [2.24, 2.45) is 11.8 Å². The number of nitrogens with zero attached hydrogens (tertiary/aromatic N) is 1. The Hall–Kier alpha value is -2.47. The number of rotatable bonds is 4. The van der Waals surface area contributed by atoms with Crippen molar-refractivity contribution in [2.45, 2.75) is 25.9 Å². The molecule has 0 unspecified atom stereocenters. The topological polar surface area (TPSA) is 75.7 Å². The van der Waals surface area contributed by atoms with E-state index >= 15 is 0 Å². The van der Waals surface area contributed by atoms with E-state index in [-0.39, 0.29) is 29.6 Å². The Kier molecular flexibility index (Phi) is 4.49. The monoisotopic (exact) mass is 328 g/mol. The van der Waals surface area contributed by atoms with Crippen molar-refractivity contribution in [3.63, 3.8) is 0 Å². The molecule has 2 aliphatic rings. The lowest BCUT2D eigenvalue weighted by Crippen LogP contribution is -2.31. The Bertz CT molecular complexity index is 687. The van der Waals surface area contributed by atoms with Gasteiger partial charge in [-0.3, -0.25) is 14.4 Å². The molecule has 1 saturated heterocycles. The van der Waals surface area contributed by atoms with Crippen LogP contribution in [0.15, 0.2) is 36.4 Å². The lowest BCUT2D eigenvalue weighted by atomic mass is 9.85. The fourth-order valence-corrected chi connectivity index (χ4v) is 3.13. The third-order valence-corrected chi connectivity index (χ3v) is 4.60. The molecule has 126 valence electrons. The molecule has 1 heterocycles. The maximum Gasteiger partial charge on any atom is 0.253 e. The molecule has 1 fully saturated rings. The summed E-state index contributed by atoms with van der Waals surface area (Å²) in [6.07, 6.45) is 4.54. The fourth-order valence-electron chi connectivity index (χ4n) is 3.13. The van der Waals surface area contributed by atoms with Crippen LogP contribution in [0.1, 0.15) is 19.8 Å². The number of carbonyl (C=O) groups is 3. The number of methoxy groups -OCH3 is 1. The smallest absolute Gasteiger partial charge is 0.253 e. The van der Waals surface area contributed by atoms with Crippen LogP contribution >= 0.6 is 0 Å². The molecule has 0 bridgehead atoms. The number of hydrogen-bond donors (Lipinski definition) is 1. The van der Waals surface area contributed by atoms with Gasteiger partial charge >= 0.3 is 0 Å². The summed E-state index contributed by atoms with van der Waals surface area (Å²) in [6, 6.07) is 6.77. The summed E-state index contributed by atoms with van der Waals surface area (Å²) in [5.74, 6) is -1.15. The van der Waals surface area contributed by atoms with Gasteiger partial charge in [-0.15, -0.1) is 0 Å². The third-order valence-electron chi connectivity index (χ3n) is 4.60. The van der Waals surface area contributed by atoms with Gasteiger partial charge in [-0.2, -0.15) is 0 Å². The summed E-state index contributed by atoms with van der Waals surface area (Å²) in [5.41, 5.74) is 1.01. The van der Waals surface area contributed by atoms with Crippen LogP contribution in [0.4, 0.5) is 11.4 Å². The van der Waals surface area contributed by atoms with E-state index < -0.39 is 6.10 Å². The molecule has 6 heteroatoms. The Morgan fingerprint density at radius 3 is 2.42 bits per heavy atom. The number of anilines is 2. The second-order valence-corrected chi connectivity index (χ2v) is 6.09. The Labute approximate surface area is 140 Å². The van der Waals surface area contributed by atoms with E-state index in [0.29, 0.717) is 24.2 Å². The molecule has 0 radical (unpaired) electrons. The largest absolute Gasteiger partial charge is 0.372 e. The highest BCUT2D eigenvalue weighted by molar-refractivity contribution is 6.22. The number of ether oxygens (including phenoxy) is 1. The number of fused-ring (bicyclic) bond motifs is 1. The van der Waals surface area contributed by atoms with Gasteiger partial charge in [0, 0.05) is 12.8 Å². The quantitative estimate of drug-likeness (QED) is 0.678. The van der Waals surface area contributed by atoms with Crippen molar-refractivity contribution in [1.82, 2.24) is 0 Å². The minimum Gasteiger partial charge on any atom is -0.372 e. The van der Waals surface area contributed by atoms with Gasteiger partial charge in [0.15, 0.2) is 0 Å². The molecular weight excluding hydrogens is 308 g/mol. The minimum absolute atomic E-state index is 0.164. The lowest BCUT2D eigenvalue weighted by molar-refractivity contribution is -0.125. The first kappa shape index (κ1) is 16.4. The summed E-state index contributed by atoms with van der Waals surface area (Å²) < 4.78 is 4.97. The maximum atomic E-state index is 12.6. The average molecular weight is 328 g/mol. The molecule has 1 aromatic carbocycles. The first-order valence-corrected chi connectivity index (χ1v) is 7.99. The second kappa shape index (κ2) is 6.57. The van der Waals surface area contributed by atoms with E-state index in [4.69, 9.17) is 4.74 Å². The van der Waals surface area contributed by atoms with E-state index in [1.165, 1.54) is 12.0 Å². The summed E-state index contributed by atoms with van der Waals surface area (Å²) in [5, 5.41) is 2.72. The van der Waals surface area contributed by atoms with Crippen molar-refractivity contribution in [2.75, 3.05) is 17.3 Å². The van der Waals surface area contributed by atoms with Gasteiger partial charge in [-0.25, -0.2) is 4.90 Å². The zero-order valence-electron chi connectivity index (χ0n) is 13.7. The predicted octanol–water partition coefficient (Wildman–Crippen LogP) is 2.12. The molecule has 3 amide bonds. The minimum atomic E-state index is -0.586. The van der Waals surface area contributed by atoms with Crippen molar-refractivity contribution in [1.29, 1.82) is 0 Å². The van der Waals surface area contributed by atoms with Crippen molar-refractivity contribution in [3.05, 3.63) is 36.4 Å². The Morgan fingerprint density at radius 1 is 1.21 bits per heavy atom. The van der Waals surface area contributed by atoms with Gasteiger partial charge in [-0.1, -0.05) is 18.2 Å². The zero-order valence-corrected chi connectivity index (χ0v) is 13.7. The number of nitrogens with one attached hydrogen (secondary N) is 1. The van der Waals surface area contributed by atoms with Crippen LogP contribution in [0.5, 0.6) is 0 Å². The van der Waals surface area contributed by atoms with Crippen LogP contribution < -0.4 is 10.2 Å². The van der Waals surface area contributed by atoms with Gasteiger partial charge in [-0.05, 0) is 38.0 Å². The Morgan fingerprint density at radius 2 is 1.83 bits per heavy atom. The van der Waals surface area contributed by atoms with Gasteiger partial charge in [0.1, 0.15) is 6.10 Å². The predicted molar refractivity (Wildman–Crippen MR) is 89.4 cm³/mol. The second-order valence-electron chi connectivity index (χ2n) is 6.09. The fraction of sp³-hybridized carbons (Fsp3) is 0.389. The summed E-state index contributed by atoms with van der Waals surface area (Å²) >= 11 is 0. The molecule has 6 nitrogen and oxygen atoms in total. The van der Waals surface area contributed by atoms with Crippen LogP contribution in [-0.4, -0.2) is 30.9 Å². The van der Waals surface area contributed by atoms with E-state index in [2.05, 4.69) is 5.32 Å². The van der Waals surface area contributed by atoms with Gasteiger partial charge < -0.3 is 10.1 Å². The van der Waals surface area contributed by atoms with Gasteiger partial charge in [0.2, 0.25) is 11.8 Å². The Balaban J connectivity index is 1.83. The van der Waals surface area contributed by atoms with Gasteiger partial charge in [0.25, 0.3) is 5.91 Å². The molecular formula is C18H20N2O4. The van der Waals surface area contributed by atoms with Crippen LogP contribution in [0, 0.1) is 11.8 Å². The molecule has 0 spiro atoms. The van der Waals surface area contributed by atoms with Crippen LogP contribution in [-0.2, 0) is 19.1 Å². The average Bonchev–Trinajstić information content (AvgIpc) is 2.86. The molecule has 24 heavy (non-hydrogen) atoms. The van der Waals surface area contributed by atoms with Crippen molar-refractivity contribution in [3.8, 4) is 0 Å². The zero-order chi connectivity index (χ0) is 17.3. The maximum absolute atomic E-state index is 12.6. The third kappa shape index (κ3) is 2.85. The van der Waals surface area contributed by atoms with E-state index in [9.17, 15) is 14.4 Å². The van der Waals surface area contributed by atoms with E-state index in [1.807, 2.05) is 12.2 Å². The molecule has 0 saturated carbocycles. The highest BCUT2D eigenvalue weighted by atomic mass is 16.5. The number of carbonyl (C=O) groups excluding carboxylic acids is 3. The highest BCUT2D eigenvalue weighted by Crippen LogP contribution is 2.38. The van der Waals surface area contributed by atoms with E-state index in [0.717, 1.165) is 0 Å². The molecule has 3 atom stereocenters. The molecule has 0 aromatic heterocycles. The number of imide groups is 1. The summed E-state index contributed by atoms with van der Waals surface area (Å²) in [7, 11) is 1.46. The number of hydrogen-bond acceptors (Lipinski definition) is 4. The summed E-state index contributed by atoms with van der Waals surface area (Å²) in [6.45, 7) is 1.64.